The summed E-state index contributed by atoms with van der Waals surface area (Å²) >= 11 is 0. The third kappa shape index (κ3) is 6.92. The fraction of sp³-hybridized carbons (Fsp3) is 0.242. The van der Waals surface area contributed by atoms with Crippen LogP contribution in [-0.2, 0) is 20.1 Å². The van der Waals surface area contributed by atoms with Crippen LogP contribution in [0.2, 0.25) is 0 Å². The largest absolute Gasteiger partial charge is 0.744 e. The molecule has 0 aromatic heterocycles. The van der Waals surface area contributed by atoms with Crippen molar-refractivity contribution in [2.75, 3.05) is 35.8 Å². The van der Waals surface area contributed by atoms with Gasteiger partial charge in [0.15, 0.2) is 0 Å². The van der Waals surface area contributed by atoms with Gasteiger partial charge in [-0.1, -0.05) is 18.2 Å². The van der Waals surface area contributed by atoms with Gasteiger partial charge < -0.3 is 23.9 Å². The molecule has 3 aromatic rings. The minimum atomic E-state index is -5.21. The molecular formula is C33H36BN3O8S2. The number of fused-ring (bicyclic) bond motifs is 2. The van der Waals surface area contributed by atoms with Gasteiger partial charge in [-0.15, -0.1) is 0 Å². The molecule has 3 aromatic carbocycles. The highest BCUT2D eigenvalue weighted by Gasteiger charge is 2.25. The molecule has 1 aliphatic heterocycles. The Balaban J connectivity index is 1.78. The summed E-state index contributed by atoms with van der Waals surface area (Å²) in [4.78, 5) is 0.962. The first-order valence-corrected chi connectivity index (χ1v) is 18.1. The summed E-state index contributed by atoms with van der Waals surface area (Å²) in [5.41, 5.74) is 2.41. The van der Waals surface area contributed by atoms with Gasteiger partial charge in [0.05, 0.1) is 15.9 Å². The highest BCUT2D eigenvalue weighted by molar-refractivity contribution is 7.92. The maximum atomic E-state index is 13.4. The Bertz CT molecular complexity index is 2210. The molecule has 0 bridgehead atoms. The van der Waals surface area contributed by atoms with Crippen LogP contribution in [-0.4, -0.2) is 64.7 Å². The maximum absolute atomic E-state index is 13.4. The number of nitrogens with zero attached hydrogens (tertiary/aromatic N) is 2. The number of hydrogen-bond donors (Lipinski definition) is 3. The topological polar surface area (TPSA) is 163 Å². The van der Waals surface area contributed by atoms with Gasteiger partial charge in [0, 0.05) is 58.7 Å². The molecule has 246 valence electrons. The van der Waals surface area contributed by atoms with E-state index in [0.717, 1.165) is 43.3 Å². The Morgan fingerprint density at radius 3 is 2.19 bits per heavy atom. The van der Waals surface area contributed by atoms with E-state index >= 15 is 0 Å². The Kier molecular flexibility index (Phi) is 9.80. The zero-order valence-corrected chi connectivity index (χ0v) is 28.1. The molecule has 5 rings (SSSR count). The normalized spacial score (nSPS) is 12.0. The molecule has 11 nitrogen and oxygen atoms in total. The van der Waals surface area contributed by atoms with Crippen molar-refractivity contribution in [3.63, 3.8) is 0 Å². The van der Waals surface area contributed by atoms with Crippen molar-refractivity contribution in [2.24, 2.45) is 0 Å². The van der Waals surface area contributed by atoms with E-state index in [-0.39, 0.29) is 16.7 Å². The van der Waals surface area contributed by atoms with Gasteiger partial charge in [-0.3, -0.25) is 4.72 Å². The highest BCUT2D eigenvalue weighted by Crippen LogP contribution is 2.43. The molecule has 0 spiro atoms. The number of anilines is 2. The van der Waals surface area contributed by atoms with Crippen molar-refractivity contribution < 1.29 is 35.9 Å². The van der Waals surface area contributed by atoms with Gasteiger partial charge in [-0.2, -0.15) is 0 Å². The summed E-state index contributed by atoms with van der Waals surface area (Å²) in [5, 5.41) is 20.4. The maximum Gasteiger partial charge on any atom is 0.488 e. The molecule has 3 N–H and O–H groups in total. The fourth-order valence-corrected chi connectivity index (χ4v) is 7.65. The summed E-state index contributed by atoms with van der Waals surface area (Å²) in [6, 6.07) is 20.0. The molecule has 2 aliphatic rings. The van der Waals surface area contributed by atoms with Gasteiger partial charge in [-0.05, 0) is 75.6 Å². The van der Waals surface area contributed by atoms with Gasteiger partial charge in [-0.25, -0.2) is 21.4 Å². The average molecular weight is 678 g/mol. The van der Waals surface area contributed by atoms with Crippen molar-refractivity contribution in [3.8, 4) is 22.5 Å². The zero-order chi connectivity index (χ0) is 34.1. The van der Waals surface area contributed by atoms with Crippen LogP contribution in [0.15, 0.2) is 93.1 Å². The summed E-state index contributed by atoms with van der Waals surface area (Å²) in [6.45, 7) is 11.2. The lowest BCUT2D eigenvalue weighted by Crippen LogP contribution is -2.30. The van der Waals surface area contributed by atoms with E-state index in [0.29, 0.717) is 27.9 Å². The molecule has 0 unspecified atom stereocenters. The van der Waals surface area contributed by atoms with E-state index in [1.807, 2.05) is 64.1 Å². The fourth-order valence-electron chi connectivity index (χ4n) is 5.79. The summed E-state index contributed by atoms with van der Waals surface area (Å²) in [6.07, 6.45) is 0. The summed E-state index contributed by atoms with van der Waals surface area (Å²) in [5.74, 6) is 0.465. The Morgan fingerprint density at radius 1 is 0.851 bits per heavy atom. The molecule has 14 heteroatoms. The van der Waals surface area contributed by atoms with Gasteiger partial charge in [0.25, 0.3) is 10.0 Å². The first-order valence-electron chi connectivity index (χ1n) is 15.2. The van der Waals surface area contributed by atoms with Crippen LogP contribution in [0.1, 0.15) is 27.7 Å². The minimum absolute atomic E-state index is 0.0147. The predicted molar refractivity (Wildman–Crippen MR) is 183 cm³/mol. The van der Waals surface area contributed by atoms with Crippen molar-refractivity contribution in [1.29, 1.82) is 0 Å². The second-order valence-corrected chi connectivity index (χ2v) is 13.9. The van der Waals surface area contributed by atoms with Crippen molar-refractivity contribution in [1.82, 2.24) is 4.58 Å². The van der Waals surface area contributed by atoms with Crippen LogP contribution in [0.5, 0.6) is 0 Å². The number of benzene rings is 4. The van der Waals surface area contributed by atoms with Gasteiger partial charge >= 0.3 is 7.12 Å². The van der Waals surface area contributed by atoms with Crippen LogP contribution in [0.25, 0.3) is 33.4 Å². The molecule has 0 atom stereocenters. The van der Waals surface area contributed by atoms with Crippen molar-refractivity contribution >= 4 is 55.1 Å². The molecule has 1 heterocycles. The summed E-state index contributed by atoms with van der Waals surface area (Å²) in [7, 11) is -11.4. The predicted octanol–water partition coefficient (Wildman–Crippen LogP) is 3.25. The first-order chi connectivity index (χ1) is 22.3. The number of hydrogen-bond acceptors (Lipinski definition) is 9. The Morgan fingerprint density at radius 2 is 1.55 bits per heavy atom. The minimum Gasteiger partial charge on any atom is -0.744 e. The smallest absolute Gasteiger partial charge is 0.488 e. The third-order valence-corrected chi connectivity index (χ3v) is 10.4. The molecule has 0 fully saturated rings. The second-order valence-electron chi connectivity index (χ2n) is 10.9. The quantitative estimate of drug-likeness (QED) is 0.0825. The first kappa shape index (κ1) is 34.1. The number of sulfonamides is 1. The summed E-state index contributed by atoms with van der Waals surface area (Å²) < 4.78 is 76.2. The standard InChI is InChI=1S/C33H36BN3O8S2/c1-5-36(6-2)24-12-15-27-30(19-24)45-31-20-25(37(7-3)8-4)13-16-28(31)33(27)29-17-14-26(21-32(29)47(42,43)44)46(40,41)35-23-11-9-10-22(18-23)34(38)39/h9-21,35,38-39H,5-8H2,1-4H3. The molecule has 0 radical (unpaired) electrons. The molecule has 47 heavy (non-hydrogen) atoms. The Hall–Kier alpha value is -4.21. The number of rotatable bonds is 11. The molecular weight excluding hydrogens is 641 g/mol. The van der Waals surface area contributed by atoms with Crippen LogP contribution < -0.4 is 25.0 Å². The molecule has 1 aliphatic carbocycles. The molecule has 0 saturated heterocycles. The van der Waals surface area contributed by atoms with Crippen molar-refractivity contribution in [3.05, 3.63) is 84.2 Å². The van der Waals surface area contributed by atoms with Crippen LogP contribution in [0.4, 0.5) is 11.4 Å². The Labute approximate surface area is 274 Å². The SMILES string of the molecule is CCN(CC)c1ccc2c(-c3ccc(S(=O)(=O)Nc4cccc(B(O)O)c4)cc3S(=O)(=O)[O-])c3ccc(=[N+](CC)CC)cc-3oc2c1. The van der Waals surface area contributed by atoms with Crippen LogP contribution in [0, 0.1) is 0 Å². The van der Waals surface area contributed by atoms with E-state index in [2.05, 4.69) is 14.2 Å². The highest BCUT2D eigenvalue weighted by atomic mass is 32.2. The zero-order valence-electron chi connectivity index (χ0n) is 26.5. The lowest BCUT2D eigenvalue weighted by Gasteiger charge is -2.23. The molecule has 0 saturated carbocycles. The van der Waals surface area contributed by atoms with Crippen molar-refractivity contribution in [2.45, 2.75) is 37.5 Å². The second kappa shape index (κ2) is 13.5. The van der Waals surface area contributed by atoms with E-state index in [9.17, 15) is 31.4 Å². The van der Waals surface area contributed by atoms with E-state index in [4.69, 9.17) is 4.42 Å². The van der Waals surface area contributed by atoms with Crippen LogP contribution >= 0.6 is 0 Å². The average Bonchev–Trinajstić information content (AvgIpc) is 3.04. The number of nitrogens with one attached hydrogen (secondary N) is 1. The van der Waals surface area contributed by atoms with Crippen LogP contribution in [0.3, 0.4) is 0 Å². The van der Waals surface area contributed by atoms with Gasteiger partial charge in [0.2, 0.25) is 5.36 Å². The monoisotopic (exact) mass is 677 g/mol. The van der Waals surface area contributed by atoms with Gasteiger partial charge in [0.1, 0.15) is 34.6 Å². The van der Waals surface area contributed by atoms with E-state index in [1.165, 1.54) is 36.4 Å². The lowest BCUT2D eigenvalue weighted by molar-refractivity contribution is 0.425. The van der Waals surface area contributed by atoms with E-state index < -0.39 is 37.1 Å². The molecule has 0 amide bonds. The lowest BCUT2D eigenvalue weighted by atomic mass is 9.80. The van der Waals surface area contributed by atoms with E-state index in [1.54, 1.807) is 0 Å². The third-order valence-electron chi connectivity index (χ3n) is 8.19.